The van der Waals surface area contributed by atoms with Crippen molar-refractivity contribution in [1.29, 1.82) is 0 Å². The fourth-order valence-corrected chi connectivity index (χ4v) is 2.65. The lowest BCUT2D eigenvalue weighted by Crippen LogP contribution is -2.14. The Balaban J connectivity index is 2.00. The molecule has 0 spiro atoms. The molecule has 4 heteroatoms. The Morgan fingerprint density at radius 2 is 2.16 bits per heavy atom. The van der Waals surface area contributed by atoms with E-state index in [1.807, 2.05) is 12.1 Å². The normalized spacial score (nSPS) is 13.4. The van der Waals surface area contributed by atoms with Crippen molar-refractivity contribution in [1.82, 2.24) is 9.97 Å². The molecule has 1 aromatic carbocycles. The smallest absolute Gasteiger partial charge is 0.139 e. The highest BCUT2D eigenvalue weighted by Gasteiger charge is 2.19. The zero-order valence-corrected chi connectivity index (χ0v) is 11.1. The van der Waals surface area contributed by atoms with Crippen LogP contribution in [0.4, 0.5) is 11.5 Å². The lowest BCUT2D eigenvalue weighted by molar-refractivity contribution is 0.899. The van der Waals surface area contributed by atoms with Gasteiger partial charge in [0.25, 0.3) is 0 Å². The minimum absolute atomic E-state index is 0.559. The molecule has 0 saturated heterocycles. The third-order valence-corrected chi connectivity index (χ3v) is 3.70. The summed E-state index contributed by atoms with van der Waals surface area (Å²) in [5, 5.41) is 0. The van der Waals surface area contributed by atoms with E-state index in [0.717, 1.165) is 29.9 Å². The highest BCUT2D eigenvalue weighted by atomic mass is 15.2. The van der Waals surface area contributed by atoms with E-state index in [0.29, 0.717) is 6.54 Å². The molecule has 1 aromatic heterocycles. The average molecular weight is 254 g/mol. The number of fused-ring (bicyclic) bond motifs is 1. The zero-order chi connectivity index (χ0) is 13.2. The number of rotatable bonds is 3. The van der Waals surface area contributed by atoms with Gasteiger partial charge in [0.15, 0.2) is 0 Å². The van der Waals surface area contributed by atoms with Gasteiger partial charge in [-0.25, -0.2) is 9.97 Å². The molecular formula is C15H18N4. The van der Waals surface area contributed by atoms with E-state index in [1.165, 1.54) is 17.7 Å². The molecule has 1 aliphatic carbocycles. The van der Waals surface area contributed by atoms with Crippen LogP contribution >= 0.6 is 0 Å². The van der Waals surface area contributed by atoms with Crippen molar-refractivity contribution in [3.05, 3.63) is 47.4 Å². The Morgan fingerprint density at radius 3 is 3.00 bits per heavy atom. The fourth-order valence-electron chi connectivity index (χ4n) is 2.65. The number of nitrogens with zero attached hydrogens (tertiary/aromatic N) is 3. The lowest BCUT2D eigenvalue weighted by Gasteiger charge is -2.21. The van der Waals surface area contributed by atoms with Gasteiger partial charge in [-0.05, 0) is 37.0 Å². The molecule has 1 heterocycles. The monoisotopic (exact) mass is 254 g/mol. The number of benzene rings is 1. The predicted molar refractivity (Wildman–Crippen MR) is 76.5 cm³/mol. The van der Waals surface area contributed by atoms with Crippen LogP contribution in [0.3, 0.4) is 0 Å². The van der Waals surface area contributed by atoms with E-state index in [2.05, 4.69) is 34.0 Å². The van der Waals surface area contributed by atoms with Crippen LogP contribution in [0.1, 0.15) is 23.2 Å². The molecule has 0 aliphatic heterocycles. The average Bonchev–Trinajstić information content (AvgIpc) is 2.95. The van der Waals surface area contributed by atoms with E-state index in [4.69, 9.17) is 5.73 Å². The number of hydrogen-bond acceptors (Lipinski definition) is 4. The Morgan fingerprint density at radius 1 is 1.26 bits per heavy atom. The van der Waals surface area contributed by atoms with Gasteiger partial charge in [-0.15, -0.1) is 0 Å². The van der Waals surface area contributed by atoms with Crippen molar-refractivity contribution in [2.45, 2.75) is 25.8 Å². The van der Waals surface area contributed by atoms with Gasteiger partial charge >= 0.3 is 0 Å². The van der Waals surface area contributed by atoms with Crippen molar-refractivity contribution in [3.63, 3.8) is 0 Å². The molecule has 2 aromatic rings. The summed E-state index contributed by atoms with van der Waals surface area (Å²) in [6.45, 7) is 0.559. The fraction of sp³-hybridized carbons (Fsp3) is 0.333. The minimum Gasteiger partial charge on any atom is -0.329 e. The summed E-state index contributed by atoms with van der Waals surface area (Å²) in [7, 11) is 2.05. The van der Waals surface area contributed by atoms with Gasteiger partial charge in [-0.2, -0.15) is 0 Å². The molecule has 0 radical (unpaired) electrons. The van der Waals surface area contributed by atoms with Crippen LogP contribution in [-0.2, 0) is 19.4 Å². The maximum absolute atomic E-state index is 5.70. The molecule has 0 saturated carbocycles. The van der Waals surface area contributed by atoms with Crippen LogP contribution in [0, 0.1) is 0 Å². The molecule has 4 nitrogen and oxygen atoms in total. The predicted octanol–water partition coefficient (Wildman–Crippen LogP) is 2.19. The Hall–Kier alpha value is -1.94. The molecule has 3 rings (SSSR count). The lowest BCUT2D eigenvalue weighted by atomic mass is 10.1. The second-order valence-corrected chi connectivity index (χ2v) is 4.91. The number of aromatic nitrogens is 2. The number of nitrogens with two attached hydrogens (primary N) is 1. The summed E-state index contributed by atoms with van der Waals surface area (Å²) in [4.78, 5) is 11.0. The maximum Gasteiger partial charge on any atom is 0.139 e. The van der Waals surface area contributed by atoms with Crippen LogP contribution in [-0.4, -0.2) is 17.0 Å². The summed E-state index contributed by atoms with van der Waals surface area (Å²) in [5.41, 5.74) is 10.5. The maximum atomic E-state index is 5.70. The number of hydrogen-bond donors (Lipinski definition) is 1. The van der Waals surface area contributed by atoms with Crippen molar-refractivity contribution < 1.29 is 0 Å². The van der Waals surface area contributed by atoms with Gasteiger partial charge < -0.3 is 10.6 Å². The van der Waals surface area contributed by atoms with E-state index in [9.17, 15) is 0 Å². The summed E-state index contributed by atoms with van der Waals surface area (Å²) in [5.74, 6) is 1.02. The number of anilines is 2. The van der Waals surface area contributed by atoms with Gasteiger partial charge in [0.05, 0.1) is 0 Å². The van der Waals surface area contributed by atoms with E-state index >= 15 is 0 Å². The van der Waals surface area contributed by atoms with Crippen LogP contribution in [0.2, 0.25) is 0 Å². The molecule has 0 amide bonds. The topological polar surface area (TPSA) is 55.0 Å². The van der Waals surface area contributed by atoms with Crippen molar-refractivity contribution in [2.24, 2.45) is 5.73 Å². The van der Waals surface area contributed by atoms with Gasteiger partial charge in [-0.1, -0.05) is 12.1 Å². The van der Waals surface area contributed by atoms with Crippen LogP contribution in [0.25, 0.3) is 0 Å². The minimum atomic E-state index is 0.559. The van der Waals surface area contributed by atoms with E-state index < -0.39 is 0 Å². The molecule has 0 atom stereocenters. The molecule has 0 unspecified atom stereocenters. The third kappa shape index (κ3) is 2.19. The summed E-state index contributed by atoms with van der Waals surface area (Å²) >= 11 is 0. The Bertz CT molecular complexity index is 594. The summed E-state index contributed by atoms with van der Waals surface area (Å²) < 4.78 is 0. The SMILES string of the molecule is CN(c1cccc(CN)c1)c1ncnc2c1CCC2. The standard InChI is InChI=1S/C15H18N4/c1-19(12-5-2-4-11(8-12)9-16)15-13-6-3-7-14(13)17-10-18-15/h2,4-5,8,10H,3,6-7,9,16H2,1H3. The highest BCUT2D eigenvalue weighted by Crippen LogP contribution is 2.31. The molecule has 1 aliphatic rings. The van der Waals surface area contributed by atoms with Crippen molar-refractivity contribution in [3.8, 4) is 0 Å². The quantitative estimate of drug-likeness (QED) is 0.912. The van der Waals surface area contributed by atoms with E-state index in [-0.39, 0.29) is 0 Å². The molecule has 19 heavy (non-hydrogen) atoms. The molecule has 98 valence electrons. The summed E-state index contributed by atoms with van der Waals surface area (Å²) in [6, 6.07) is 8.28. The van der Waals surface area contributed by atoms with Gasteiger partial charge in [0, 0.05) is 30.5 Å². The third-order valence-electron chi connectivity index (χ3n) is 3.70. The molecule has 0 fully saturated rings. The van der Waals surface area contributed by atoms with Gasteiger partial charge in [-0.3, -0.25) is 0 Å². The van der Waals surface area contributed by atoms with Crippen LogP contribution in [0.5, 0.6) is 0 Å². The molecular weight excluding hydrogens is 236 g/mol. The van der Waals surface area contributed by atoms with E-state index in [1.54, 1.807) is 6.33 Å². The number of aryl methyl sites for hydroxylation is 1. The Labute approximate surface area is 113 Å². The van der Waals surface area contributed by atoms with Crippen LogP contribution < -0.4 is 10.6 Å². The molecule has 2 N–H and O–H groups in total. The first-order valence-corrected chi connectivity index (χ1v) is 6.65. The van der Waals surface area contributed by atoms with Crippen molar-refractivity contribution in [2.75, 3.05) is 11.9 Å². The van der Waals surface area contributed by atoms with Gasteiger partial charge in [0.1, 0.15) is 12.1 Å². The largest absolute Gasteiger partial charge is 0.329 e. The Kier molecular flexibility index (Phi) is 3.17. The first-order valence-electron chi connectivity index (χ1n) is 6.65. The first-order chi connectivity index (χ1) is 9.29. The van der Waals surface area contributed by atoms with Crippen LogP contribution in [0.15, 0.2) is 30.6 Å². The zero-order valence-electron chi connectivity index (χ0n) is 11.1. The first kappa shape index (κ1) is 12.1. The van der Waals surface area contributed by atoms with Gasteiger partial charge in [0.2, 0.25) is 0 Å². The second kappa shape index (κ2) is 4.97. The van der Waals surface area contributed by atoms with Crippen molar-refractivity contribution >= 4 is 11.5 Å². The highest BCUT2D eigenvalue weighted by molar-refractivity contribution is 5.63. The molecule has 0 bridgehead atoms. The second-order valence-electron chi connectivity index (χ2n) is 4.91. The summed E-state index contributed by atoms with van der Waals surface area (Å²) in [6.07, 6.45) is 4.99.